The molecule has 0 aliphatic heterocycles. The Kier molecular flexibility index (Phi) is 5.39. The van der Waals surface area contributed by atoms with Crippen molar-refractivity contribution in [2.24, 2.45) is 0 Å². The van der Waals surface area contributed by atoms with E-state index < -0.39 is 0 Å². The van der Waals surface area contributed by atoms with Gasteiger partial charge in [0, 0.05) is 5.75 Å². The third kappa shape index (κ3) is 3.14. The number of aromatic nitrogens is 2. The Labute approximate surface area is 141 Å². The molecule has 2 rings (SSSR count). The van der Waals surface area contributed by atoms with Crippen LogP contribution in [0.4, 0.5) is 5.82 Å². The van der Waals surface area contributed by atoms with E-state index in [1.54, 1.807) is 0 Å². The van der Waals surface area contributed by atoms with Crippen LogP contribution in [0.25, 0.3) is 10.9 Å². The number of halogens is 3. The number of unbranched alkanes of at least 4 members (excludes halogenated alkanes) is 1. The van der Waals surface area contributed by atoms with E-state index in [0.717, 1.165) is 18.6 Å². The van der Waals surface area contributed by atoms with Crippen molar-refractivity contribution in [2.75, 3.05) is 11.5 Å². The molecule has 110 valence electrons. The van der Waals surface area contributed by atoms with Gasteiger partial charge in [-0.2, -0.15) is 5.26 Å². The first-order valence-corrected chi connectivity index (χ1v) is 8.29. The fourth-order valence-electron chi connectivity index (χ4n) is 1.74. The van der Waals surface area contributed by atoms with Gasteiger partial charge in [-0.3, -0.25) is 0 Å². The molecule has 0 fully saturated rings. The molecule has 1 aromatic carbocycles. The fourth-order valence-corrected chi connectivity index (χ4v) is 3.50. The monoisotopic (exact) mass is 360 g/mol. The Morgan fingerprint density at radius 1 is 1.19 bits per heavy atom. The summed E-state index contributed by atoms with van der Waals surface area (Å²) < 4.78 is 0. The number of benzene rings is 1. The van der Waals surface area contributed by atoms with Gasteiger partial charge in [0.25, 0.3) is 0 Å². The zero-order chi connectivity index (χ0) is 15.6. The normalized spacial score (nSPS) is 10.8. The SMILES string of the molecule is CCCCSc1nc(N)c2c(Cl)c(C#N)c(Cl)c(Cl)c2n1. The van der Waals surface area contributed by atoms with E-state index in [4.69, 9.17) is 45.8 Å². The minimum Gasteiger partial charge on any atom is -0.383 e. The number of nitrogen functional groups attached to an aromatic ring is 1. The molecule has 2 aromatic rings. The Morgan fingerprint density at radius 2 is 1.90 bits per heavy atom. The molecule has 0 bridgehead atoms. The molecule has 0 atom stereocenters. The smallest absolute Gasteiger partial charge is 0.190 e. The highest BCUT2D eigenvalue weighted by Gasteiger charge is 2.20. The maximum atomic E-state index is 9.11. The number of nitrogens with two attached hydrogens (primary N) is 1. The minimum atomic E-state index is 0.0810. The largest absolute Gasteiger partial charge is 0.383 e. The van der Waals surface area contributed by atoms with Crippen LogP contribution in [0.5, 0.6) is 0 Å². The molecule has 21 heavy (non-hydrogen) atoms. The van der Waals surface area contributed by atoms with Gasteiger partial charge in [-0.25, -0.2) is 9.97 Å². The Hall–Kier alpha value is -0.930. The van der Waals surface area contributed by atoms with Crippen LogP contribution in [0.3, 0.4) is 0 Å². The number of nitriles is 1. The van der Waals surface area contributed by atoms with Gasteiger partial charge in [-0.1, -0.05) is 59.9 Å². The molecule has 0 radical (unpaired) electrons. The molecule has 0 aliphatic carbocycles. The van der Waals surface area contributed by atoms with E-state index in [2.05, 4.69) is 16.9 Å². The van der Waals surface area contributed by atoms with E-state index in [1.165, 1.54) is 11.8 Å². The van der Waals surface area contributed by atoms with Crippen molar-refractivity contribution in [3.8, 4) is 6.07 Å². The predicted octanol–water partition coefficient (Wildman–Crippen LogP) is 4.94. The van der Waals surface area contributed by atoms with Crippen LogP contribution >= 0.6 is 46.6 Å². The summed E-state index contributed by atoms with van der Waals surface area (Å²) in [6, 6.07) is 1.92. The standard InChI is InChI=1S/C13H11Cl3N4S/c1-2-3-4-21-13-19-11-7(12(18)20-13)8(14)6(5-17)9(15)10(11)16/h2-4H2,1H3,(H2,18,19,20). The summed E-state index contributed by atoms with van der Waals surface area (Å²) in [4.78, 5) is 8.58. The molecule has 0 unspecified atom stereocenters. The quantitative estimate of drug-likeness (QED) is 0.361. The maximum Gasteiger partial charge on any atom is 0.190 e. The zero-order valence-electron chi connectivity index (χ0n) is 11.1. The lowest BCUT2D eigenvalue weighted by molar-refractivity contribution is 0.891. The van der Waals surface area contributed by atoms with Crippen LogP contribution in [0.2, 0.25) is 15.1 Å². The summed E-state index contributed by atoms with van der Waals surface area (Å²) in [7, 11) is 0. The van der Waals surface area contributed by atoms with Crippen LogP contribution in [-0.2, 0) is 0 Å². The average molecular weight is 362 g/mol. The van der Waals surface area contributed by atoms with Crippen LogP contribution in [-0.4, -0.2) is 15.7 Å². The molecule has 0 aliphatic rings. The van der Waals surface area contributed by atoms with Crippen LogP contribution in [0.15, 0.2) is 5.16 Å². The molecular weight excluding hydrogens is 351 g/mol. The molecule has 1 aromatic heterocycles. The third-order valence-corrected chi connectivity index (χ3v) is 4.97. The van der Waals surface area contributed by atoms with Gasteiger partial charge in [0.15, 0.2) is 5.16 Å². The molecule has 0 amide bonds. The average Bonchev–Trinajstić information content (AvgIpc) is 2.45. The second-order valence-electron chi connectivity index (χ2n) is 4.25. The Bertz CT molecular complexity index is 743. The number of rotatable bonds is 4. The van der Waals surface area contributed by atoms with E-state index in [9.17, 15) is 0 Å². The van der Waals surface area contributed by atoms with E-state index >= 15 is 0 Å². The van der Waals surface area contributed by atoms with Gasteiger partial charge >= 0.3 is 0 Å². The van der Waals surface area contributed by atoms with Crippen molar-refractivity contribution in [3.63, 3.8) is 0 Å². The van der Waals surface area contributed by atoms with Gasteiger partial charge < -0.3 is 5.73 Å². The zero-order valence-corrected chi connectivity index (χ0v) is 14.2. The predicted molar refractivity (Wildman–Crippen MR) is 89.3 cm³/mol. The number of fused-ring (bicyclic) bond motifs is 1. The van der Waals surface area contributed by atoms with E-state index in [1.807, 2.05) is 6.07 Å². The first kappa shape index (κ1) is 16.4. The van der Waals surface area contributed by atoms with E-state index in [-0.39, 0.29) is 26.4 Å². The van der Waals surface area contributed by atoms with Crippen LogP contribution in [0.1, 0.15) is 25.3 Å². The molecule has 8 heteroatoms. The number of thioether (sulfide) groups is 1. The first-order valence-electron chi connectivity index (χ1n) is 6.17. The molecular formula is C13H11Cl3N4S. The first-order chi connectivity index (χ1) is 10.0. The van der Waals surface area contributed by atoms with Gasteiger partial charge in [0.05, 0.1) is 31.5 Å². The molecule has 4 nitrogen and oxygen atoms in total. The Morgan fingerprint density at radius 3 is 2.52 bits per heavy atom. The highest BCUT2D eigenvalue weighted by atomic mass is 35.5. The summed E-state index contributed by atoms with van der Waals surface area (Å²) in [6.07, 6.45) is 2.13. The third-order valence-electron chi connectivity index (χ3n) is 2.82. The molecule has 2 N–H and O–H groups in total. The highest BCUT2D eigenvalue weighted by Crippen LogP contribution is 2.41. The summed E-state index contributed by atoms with van der Waals surface area (Å²) >= 11 is 19.9. The van der Waals surface area contributed by atoms with Crippen LogP contribution in [0, 0.1) is 11.3 Å². The lowest BCUT2D eigenvalue weighted by Crippen LogP contribution is -2.00. The fraction of sp³-hybridized carbons (Fsp3) is 0.308. The van der Waals surface area contributed by atoms with E-state index in [0.29, 0.717) is 16.1 Å². The minimum absolute atomic E-state index is 0.0810. The van der Waals surface area contributed by atoms with Gasteiger partial charge in [0.1, 0.15) is 11.9 Å². The number of nitrogens with zero attached hydrogens (tertiary/aromatic N) is 3. The number of anilines is 1. The van der Waals surface area contributed by atoms with Crippen molar-refractivity contribution >= 4 is 63.3 Å². The maximum absolute atomic E-state index is 9.11. The number of hydrogen-bond acceptors (Lipinski definition) is 5. The number of hydrogen-bond donors (Lipinski definition) is 1. The van der Waals surface area contributed by atoms with Crippen molar-refractivity contribution in [2.45, 2.75) is 24.9 Å². The topological polar surface area (TPSA) is 75.6 Å². The Balaban J connectivity index is 2.65. The molecule has 0 saturated heterocycles. The highest BCUT2D eigenvalue weighted by molar-refractivity contribution is 7.99. The van der Waals surface area contributed by atoms with Crippen molar-refractivity contribution in [1.29, 1.82) is 5.26 Å². The summed E-state index contributed by atoms with van der Waals surface area (Å²) in [5, 5.41) is 10.4. The van der Waals surface area contributed by atoms with Crippen molar-refractivity contribution in [3.05, 3.63) is 20.6 Å². The summed E-state index contributed by atoms with van der Waals surface area (Å²) in [5.74, 6) is 1.08. The van der Waals surface area contributed by atoms with Crippen molar-refractivity contribution < 1.29 is 0 Å². The summed E-state index contributed by atoms with van der Waals surface area (Å²) in [6.45, 7) is 2.11. The van der Waals surface area contributed by atoms with Gasteiger partial charge in [-0.15, -0.1) is 0 Å². The van der Waals surface area contributed by atoms with Gasteiger partial charge in [0.2, 0.25) is 0 Å². The van der Waals surface area contributed by atoms with Crippen molar-refractivity contribution in [1.82, 2.24) is 9.97 Å². The molecule has 0 spiro atoms. The lowest BCUT2D eigenvalue weighted by atomic mass is 10.1. The second-order valence-corrected chi connectivity index (χ2v) is 6.44. The second kappa shape index (κ2) is 6.89. The molecule has 1 heterocycles. The summed E-state index contributed by atoms with van der Waals surface area (Å²) in [5.41, 5.74) is 6.40. The molecule has 0 saturated carbocycles. The lowest BCUT2D eigenvalue weighted by Gasteiger charge is -2.10. The van der Waals surface area contributed by atoms with Gasteiger partial charge in [-0.05, 0) is 6.42 Å². The van der Waals surface area contributed by atoms with Crippen LogP contribution < -0.4 is 5.73 Å².